The van der Waals surface area contributed by atoms with Crippen molar-refractivity contribution < 1.29 is 0 Å². The highest BCUT2D eigenvalue weighted by Gasteiger charge is 2.58. The third-order valence-corrected chi connectivity index (χ3v) is 12.5. The second kappa shape index (κ2) is 4.46. The summed E-state index contributed by atoms with van der Waals surface area (Å²) in [5.74, 6) is 7.72. The molecule has 96 valence electrons. The second-order valence-electron chi connectivity index (χ2n) is 5.75. The van der Waals surface area contributed by atoms with Crippen molar-refractivity contribution in [3.8, 4) is 0 Å². The van der Waals surface area contributed by atoms with Crippen LogP contribution in [0.1, 0.15) is 32.1 Å². The molecule has 0 aromatic heterocycles. The summed E-state index contributed by atoms with van der Waals surface area (Å²) in [4.78, 5) is 0. The van der Waals surface area contributed by atoms with Gasteiger partial charge in [-0.05, 0) is 37.5 Å². The topological polar surface area (TPSA) is 0 Å². The van der Waals surface area contributed by atoms with Gasteiger partial charge in [0.05, 0.1) is 8.16 Å². The van der Waals surface area contributed by atoms with E-state index in [1.54, 1.807) is 0 Å². The van der Waals surface area contributed by atoms with E-state index in [1.807, 2.05) is 0 Å². The highest BCUT2D eigenvalue weighted by molar-refractivity contribution is 8.22. The van der Waals surface area contributed by atoms with Crippen molar-refractivity contribution in [2.75, 3.05) is 23.0 Å². The summed E-state index contributed by atoms with van der Waals surface area (Å²) in [5.41, 5.74) is 0. The van der Waals surface area contributed by atoms with Gasteiger partial charge in [-0.15, -0.1) is 47.0 Å². The third kappa shape index (κ3) is 1.84. The Morgan fingerprint density at radius 3 is 1.47 bits per heavy atom. The molecule has 0 radical (unpaired) electrons. The van der Waals surface area contributed by atoms with Crippen LogP contribution in [-0.2, 0) is 0 Å². The predicted molar refractivity (Wildman–Crippen MR) is 85.4 cm³/mol. The highest BCUT2D eigenvalue weighted by atomic mass is 32.2. The monoisotopic (exact) mass is 304 g/mol. The minimum absolute atomic E-state index is 0.663. The van der Waals surface area contributed by atoms with Gasteiger partial charge in [-0.2, -0.15) is 0 Å². The smallest absolute Gasteiger partial charge is 0.0643 e. The molecule has 0 N–H and O–H groups in total. The summed E-state index contributed by atoms with van der Waals surface area (Å²) in [6, 6.07) is 0. The molecule has 2 bridgehead atoms. The zero-order valence-corrected chi connectivity index (χ0v) is 13.4. The lowest BCUT2D eigenvalue weighted by molar-refractivity contribution is 0.292. The zero-order valence-electron chi connectivity index (χ0n) is 10.2. The van der Waals surface area contributed by atoms with E-state index in [0.29, 0.717) is 8.16 Å². The van der Waals surface area contributed by atoms with Crippen molar-refractivity contribution in [1.82, 2.24) is 0 Å². The van der Waals surface area contributed by atoms with Crippen LogP contribution in [0.25, 0.3) is 0 Å². The molecular weight excluding hydrogens is 284 g/mol. The lowest BCUT2D eigenvalue weighted by atomic mass is 9.82. The molecule has 0 amide bonds. The molecule has 4 heteroatoms. The van der Waals surface area contributed by atoms with E-state index >= 15 is 0 Å². The van der Waals surface area contributed by atoms with Crippen molar-refractivity contribution in [2.45, 2.75) is 40.3 Å². The molecule has 5 rings (SSSR count). The Morgan fingerprint density at radius 1 is 0.647 bits per heavy atom. The quantitative estimate of drug-likeness (QED) is 0.643. The maximum absolute atomic E-state index is 2.33. The van der Waals surface area contributed by atoms with Crippen LogP contribution in [0.15, 0.2) is 0 Å². The molecule has 0 aromatic rings. The van der Waals surface area contributed by atoms with E-state index < -0.39 is 0 Å². The molecule has 2 heterocycles. The van der Waals surface area contributed by atoms with Gasteiger partial charge in [0.1, 0.15) is 0 Å². The van der Waals surface area contributed by atoms with Crippen molar-refractivity contribution in [3.05, 3.63) is 0 Å². The van der Waals surface area contributed by atoms with E-state index in [1.165, 1.54) is 55.1 Å². The Morgan fingerprint density at radius 2 is 1.06 bits per heavy atom. The van der Waals surface area contributed by atoms with Crippen molar-refractivity contribution in [2.24, 2.45) is 11.8 Å². The molecule has 2 spiro atoms. The van der Waals surface area contributed by atoms with E-state index in [9.17, 15) is 0 Å². The minimum Gasteiger partial charge on any atom is -0.143 e. The molecule has 17 heavy (non-hydrogen) atoms. The summed E-state index contributed by atoms with van der Waals surface area (Å²) in [6.45, 7) is 0. The van der Waals surface area contributed by atoms with Crippen LogP contribution in [-0.4, -0.2) is 31.2 Å². The average Bonchev–Trinajstić information content (AvgIpc) is 2.87. The first-order chi connectivity index (χ1) is 8.33. The van der Waals surface area contributed by atoms with Gasteiger partial charge < -0.3 is 0 Å². The summed E-state index contributed by atoms with van der Waals surface area (Å²) in [6.07, 6.45) is 7.64. The first kappa shape index (κ1) is 12.2. The largest absolute Gasteiger partial charge is 0.143 e. The first-order valence-corrected chi connectivity index (χ1v) is 10.8. The van der Waals surface area contributed by atoms with E-state index in [-0.39, 0.29) is 0 Å². The second-order valence-corrected chi connectivity index (χ2v) is 12.0. The van der Waals surface area contributed by atoms with Crippen LogP contribution in [0.2, 0.25) is 0 Å². The molecule has 2 aliphatic heterocycles. The van der Waals surface area contributed by atoms with Crippen LogP contribution < -0.4 is 0 Å². The third-order valence-electron chi connectivity index (χ3n) is 4.96. The standard InChI is InChI=1S/C13H20S4/c1-2-10-8-13(16-6-7-17-13)11(3-1)9-12(10)14-4-5-15-12/h10-11H,1-9H2/t10-,11+. The molecule has 0 unspecified atom stereocenters. The van der Waals surface area contributed by atoms with Crippen molar-refractivity contribution in [1.29, 1.82) is 0 Å². The molecule has 5 fully saturated rings. The van der Waals surface area contributed by atoms with E-state index in [2.05, 4.69) is 47.0 Å². The van der Waals surface area contributed by atoms with Crippen LogP contribution in [0.5, 0.6) is 0 Å². The maximum Gasteiger partial charge on any atom is 0.0643 e. The van der Waals surface area contributed by atoms with Crippen molar-refractivity contribution in [3.63, 3.8) is 0 Å². The van der Waals surface area contributed by atoms with E-state index in [0.717, 1.165) is 11.8 Å². The molecule has 5 aliphatic rings. The van der Waals surface area contributed by atoms with Crippen molar-refractivity contribution >= 4 is 47.0 Å². The highest BCUT2D eigenvalue weighted by Crippen LogP contribution is 2.69. The van der Waals surface area contributed by atoms with Gasteiger partial charge >= 0.3 is 0 Å². The zero-order chi connectivity index (χ0) is 11.3. The molecule has 3 saturated carbocycles. The lowest BCUT2D eigenvalue weighted by Crippen LogP contribution is -2.45. The molecule has 0 aromatic carbocycles. The average molecular weight is 305 g/mol. The number of thioether (sulfide) groups is 4. The summed E-state index contributed by atoms with van der Waals surface area (Å²) in [5, 5.41) is 0. The molecule has 2 saturated heterocycles. The fourth-order valence-electron chi connectivity index (χ4n) is 4.23. The number of hydrogen-bond acceptors (Lipinski definition) is 4. The van der Waals surface area contributed by atoms with Crippen LogP contribution in [0.3, 0.4) is 0 Å². The Labute approximate surface area is 122 Å². The Hall–Kier alpha value is 1.40. The number of rotatable bonds is 0. The van der Waals surface area contributed by atoms with Gasteiger partial charge in [0.15, 0.2) is 0 Å². The fourth-order valence-corrected chi connectivity index (χ4v) is 11.6. The summed E-state index contributed by atoms with van der Waals surface area (Å²) in [7, 11) is 0. The first-order valence-electron chi connectivity index (χ1n) is 6.89. The maximum atomic E-state index is 2.33. The number of hydrogen-bond donors (Lipinski definition) is 0. The minimum atomic E-state index is 0.663. The molecule has 2 atom stereocenters. The van der Waals surface area contributed by atoms with Gasteiger partial charge in [-0.25, -0.2) is 0 Å². The normalized spacial score (nSPS) is 42.4. The van der Waals surface area contributed by atoms with Gasteiger partial charge in [-0.3, -0.25) is 0 Å². The predicted octanol–water partition coefficient (Wildman–Crippen LogP) is 4.55. The molecule has 0 nitrogen and oxygen atoms in total. The lowest BCUT2D eigenvalue weighted by Gasteiger charge is -2.49. The van der Waals surface area contributed by atoms with Gasteiger partial charge in [0, 0.05) is 23.0 Å². The van der Waals surface area contributed by atoms with Gasteiger partial charge in [-0.1, -0.05) is 6.42 Å². The molecular formula is C13H20S4. The number of fused-ring (bicyclic) bond motifs is 2. The van der Waals surface area contributed by atoms with Crippen LogP contribution in [0.4, 0.5) is 0 Å². The molecule has 3 aliphatic carbocycles. The van der Waals surface area contributed by atoms with E-state index in [4.69, 9.17) is 0 Å². The Kier molecular flexibility index (Phi) is 3.19. The summed E-state index contributed by atoms with van der Waals surface area (Å²) < 4.78 is 1.33. The van der Waals surface area contributed by atoms with Gasteiger partial charge in [0.25, 0.3) is 0 Å². The van der Waals surface area contributed by atoms with Gasteiger partial charge in [0.2, 0.25) is 0 Å². The fraction of sp³-hybridized carbons (Fsp3) is 1.00. The Bertz CT molecular complexity index is 275. The van der Waals surface area contributed by atoms with Crippen LogP contribution >= 0.6 is 47.0 Å². The van der Waals surface area contributed by atoms with Crippen LogP contribution in [0, 0.1) is 11.8 Å². The Balaban J connectivity index is 1.67. The summed E-state index contributed by atoms with van der Waals surface area (Å²) >= 11 is 9.31. The SMILES string of the molecule is C1C[C@@H]2CC3(SCCS3)[C@@H](C1)CC21SCCS1.